The van der Waals surface area contributed by atoms with Gasteiger partial charge in [-0.2, -0.15) is 13.2 Å². The molecule has 0 amide bonds. The fourth-order valence-electron chi connectivity index (χ4n) is 8.90. The fraction of sp³-hybridized carbons (Fsp3) is 0.588. The molecule has 0 spiro atoms. The zero-order valence-corrected chi connectivity index (χ0v) is 26.4. The van der Waals surface area contributed by atoms with E-state index >= 15 is 0 Å². The summed E-state index contributed by atoms with van der Waals surface area (Å²) in [5.41, 5.74) is -1.87. The minimum Gasteiger partial charge on any atom is -0.455 e. The molecule has 0 heterocycles. The molecule has 0 aliphatic heterocycles. The van der Waals surface area contributed by atoms with Crippen LogP contribution in [0.2, 0.25) is 0 Å². The van der Waals surface area contributed by atoms with E-state index in [-0.39, 0.29) is 17.6 Å². The molecule has 2 aromatic rings. The standard InChI is InChI=1S/C34H43F3O4Si/c1-6-31(4)21-27(41-42(24-13-9-7-10-14-24)25-15-11-8-12-16-25)32(5)22(2)17-19-33(20-18-26(38)28(32)33)23(3)29(31)40-30(39)34(35,36)37/h7-16,22-23,27-29,42H,6,17-21H2,1-5H3/t22-,23-,27-,28?,29+,31-,32+,33+/m1/s1. The molecule has 3 fully saturated rings. The van der Waals surface area contributed by atoms with Crippen LogP contribution in [0.1, 0.15) is 73.1 Å². The molecule has 0 radical (unpaired) electrons. The summed E-state index contributed by atoms with van der Waals surface area (Å²) in [6.07, 6.45) is -3.03. The number of carbonyl (C=O) groups excluding carboxylic acids is 2. The highest BCUT2D eigenvalue weighted by molar-refractivity contribution is 6.80. The monoisotopic (exact) mass is 600 g/mol. The maximum atomic E-state index is 13.9. The summed E-state index contributed by atoms with van der Waals surface area (Å²) in [5, 5.41) is 2.21. The lowest BCUT2D eigenvalue weighted by Crippen LogP contribution is -2.65. The average Bonchev–Trinajstić information content (AvgIpc) is 3.33. The number of benzene rings is 2. The van der Waals surface area contributed by atoms with Crippen molar-refractivity contribution in [2.24, 2.45) is 34.0 Å². The Morgan fingerprint density at radius 1 is 0.976 bits per heavy atom. The number of Topliss-reactive ketones (excluding diaryl/α,β-unsaturated/α-hetero) is 1. The molecule has 4 nitrogen and oxygen atoms in total. The van der Waals surface area contributed by atoms with Gasteiger partial charge >= 0.3 is 12.1 Å². The molecule has 2 aromatic carbocycles. The third-order valence-electron chi connectivity index (χ3n) is 11.6. The first-order valence-corrected chi connectivity index (χ1v) is 17.0. The highest BCUT2D eigenvalue weighted by atomic mass is 28.3. The van der Waals surface area contributed by atoms with Crippen LogP contribution in [0.25, 0.3) is 0 Å². The lowest BCUT2D eigenvalue weighted by molar-refractivity contribution is -0.233. The molecule has 5 rings (SSSR count). The fourth-order valence-corrected chi connectivity index (χ4v) is 11.5. The predicted molar refractivity (Wildman–Crippen MR) is 159 cm³/mol. The van der Waals surface area contributed by atoms with Gasteiger partial charge in [0.1, 0.15) is 11.9 Å². The van der Waals surface area contributed by atoms with Crippen LogP contribution in [-0.4, -0.2) is 39.2 Å². The van der Waals surface area contributed by atoms with Crippen molar-refractivity contribution in [2.75, 3.05) is 0 Å². The van der Waals surface area contributed by atoms with Crippen molar-refractivity contribution in [3.8, 4) is 0 Å². The van der Waals surface area contributed by atoms with E-state index in [4.69, 9.17) is 9.16 Å². The molecule has 1 unspecified atom stereocenters. The first-order chi connectivity index (χ1) is 19.8. The SMILES string of the molecule is CC[C@]1(C)C[C@@H](O[SiH](c2ccccc2)c2ccccc2)[C@@]2(C)C3C(=O)CC[C@@]3(CC[C@H]2C)[C@H](C)[C@@H]1OC(=O)C(F)(F)F. The first-order valence-electron chi connectivity index (χ1n) is 15.3. The Bertz CT molecular complexity index is 1250. The van der Waals surface area contributed by atoms with E-state index in [1.807, 2.05) is 57.2 Å². The number of ketones is 1. The zero-order valence-electron chi connectivity index (χ0n) is 25.2. The number of hydrogen-bond acceptors (Lipinski definition) is 4. The lowest BCUT2D eigenvalue weighted by atomic mass is 9.43. The normalized spacial score (nSPS) is 36.7. The molecular formula is C34H43F3O4Si. The van der Waals surface area contributed by atoms with Crippen LogP contribution >= 0.6 is 0 Å². The summed E-state index contributed by atoms with van der Waals surface area (Å²) in [4.78, 5) is 26.4. The first kappa shape index (κ1) is 31.0. The Morgan fingerprint density at radius 3 is 2.07 bits per heavy atom. The maximum Gasteiger partial charge on any atom is 0.490 e. The molecule has 8 heteroatoms. The van der Waals surface area contributed by atoms with Gasteiger partial charge in [-0.05, 0) is 53.8 Å². The number of carbonyl (C=O) groups is 2. The van der Waals surface area contributed by atoms with Gasteiger partial charge in [-0.1, -0.05) is 95.3 Å². The van der Waals surface area contributed by atoms with E-state index in [1.165, 1.54) is 0 Å². The molecule has 228 valence electrons. The molecule has 0 saturated heterocycles. The molecule has 3 saturated carbocycles. The topological polar surface area (TPSA) is 52.6 Å². The zero-order chi connectivity index (χ0) is 30.5. The van der Waals surface area contributed by atoms with Crippen LogP contribution in [-0.2, 0) is 18.8 Å². The minimum atomic E-state index is -5.09. The second-order valence-corrected chi connectivity index (χ2v) is 16.0. The number of halogens is 3. The van der Waals surface area contributed by atoms with E-state index in [1.54, 1.807) is 0 Å². The van der Waals surface area contributed by atoms with Crippen molar-refractivity contribution in [3.05, 3.63) is 60.7 Å². The summed E-state index contributed by atoms with van der Waals surface area (Å²) in [6, 6.07) is 20.3. The van der Waals surface area contributed by atoms with E-state index in [0.717, 1.165) is 23.2 Å². The molecule has 2 bridgehead atoms. The van der Waals surface area contributed by atoms with Gasteiger partial charge in [-0.3, -0.25) is 4.79 Å². The molecule has 0 N–H and O–H groups in total. The summed E-state index contributed by atoms with van der Waals surface area (Å²) >= 11 is 0. The summed E-state index contributed by atoms with van der Waals surface area (Å²) in [7, 11) is -2.30. The second kappa shape index (κ2) is 11.2. The van der Waals surface area contributed by atoms with Crippen LogP contribution in [0.5, 0.6) is 0 Å². The summed E-state index contributed by atoms with van der Waals surface area (Å²) in [5.74, 6) is -2.59. The number of alkyl halides is 3. The Kier molecular flexibility index (Phi) is 8.29. The molecule has 3 aliphatic carbocycles. The van der Waals surface area contributed by atoms with Gasteiger partial charge < -0.3 is 9.16 Å². The van der Waals surface area contributed by atoms with Crippen LogP contribution in [0.15, 0.2) is 60.7 Å². The van der Waals surface area contributed by atoms with E-state index in [2.05, 4.69) is 38.1 Å². The van der Waals surface area contributed by atoms with Crippen molar-refractivity contribution in [3.63, 3.8) is 0 Å². The molecule has 3 aliphatic rings. The minimum absolute atomic E-state index is 0.170. The van der Waals surface area contributed by atoms with E-state index in [9.17, 15) is 22.8 Å². The average molecular weight is 601 g/mol. The van der Waals surface area contributed by atoms with Crippen molar-refractivity contribution in [1.82, 2.24) is 0 Å². The van der Waals surface area contributed by atoms with Gasteiger partial charge in [0.15, 0.2) is 0 Å². The van der Waals surface area contributed by atoms with Gasteiger partial charge in [-0.25, -0.2) is 4.79 Å². The highest BCUT2D eigenvalue weighted by Crippen LogP contribution is 2.68. The number of esters is 1. The Morgan fingerprint density at radius 2 is 1.55 bits per heavy atom. The second-order valence-electron chi connectivity index (χ2n) is 13.6. The quantitative estimate of drug-likeness (QED) is 0.291. The Labute approximate surface area is 249 Å². The number of ether oxygens (including phenoxy) is 1. The Hall–Kier alpha value is -2.45. The van der Waals surface area contributed by atoms with E-state index < -0.39 is 55.6 Å². The van der Waals surface area contributed by atoms with Gasteiger partial charge in [0, 0.05) is 29.1 Å². The summed E-state index contributed by atoms with van der Waals surface area (Å²) < 4.78 is 53.8. The van der Waals surface area contributed by atoms with Gasteiger partial charge in [0.2, 0.25) is 9.04 Å². The van der Waals surface area contributed by atoms with Crippen LogP contribution < -0.4 is 10.4 Å². The molecular weight excluding hydrogens is 557 g/mol. The van der Waals surface area contributed by atoms with E-state index in [0.29, 0.717) is 25.7 Å². The molecule has 8 atom stereocenters. The van der Waals surface area contributed by atoms with Crippen molar-refractivity contribution < 1.29 is 31.9 Å². The summed E-state index contributed by atoms with van der Waals surface area (Å²) in [6.45, 7) is 10.3. The maximum absolute atomic E-state index is 13.9. The third kappa shape index (κ3) is 5.06. The van der Waals surface area contributed by atoms with Gasteiger partial charge in [-0.15, -0.1) is 0 Å². The van der Waals surface area contributed by atoms with Crippen molar-refractivity contribution in [1.29, 1.82) is 0 Å². The molecule has 42 heavy (non-hydrogen) atoms. The lowest BCUT2D eigenvalue weighted by Gasteiger charge is -2.63. The molecule has 0 aromatic heterocycles. The highest BCUT2D eigenvalue weighted by Gasteiger charge is 2.69. The third-order valence-corrected chi connectivity index (χ3v) is 14.2. The van der Waals surface area contributed by atoms with Crippen molar-refractivity contribution >= 4 is 31.2 Å². The number of hydrogen-bond donors (Lipinski definition) is 0. The largest absolute Gasteiger partial charge is 0.490 e. The van der Waals surface area contributed by atoms with Crippen molar-refractivity contribution in [2.45, 2.75) is 91.5 Å². The van der Waals surface area contributed by atoms with Gasteiger partial charge in [0.05, 0.1) is 6.10 Å². The smallest absolute Gasteiger partial charge is 0.455 e. The Balaban J connectivity index is 1.69. The van der Waals surface area contributed by atoms with Crippen LogP contribution in [0.3, 0.4) is 0 Å². The van der Waals surface area contributed by atoms with Gasteiger partial charge in [0.25, 0.3) is 0 Å². The van der Waals surface area contributed by atoms with Crippen LogP contribution in [0, 0.1) is 34.0 Å². The van der Waals surface area contributed by atoms with Crippen LogP contribution in [0.4, 0.5) is 13.2 Å². The predicted octanol–water partition coefficient (Wildman–Crippen LogP) is 6.24. The number of rotatable bonds is 6.